The minimum atomic E-state index is -0.478. The maximum Gasteiger partial charge on any atom is 0.410 e. The number of aliphatic hydroxyl groups is 1. The van der Waals surface area contributed by atoms with Gasteiger partial charge in [-0.3, -0.25) is 0 Å². The van der Waals surface area contributed by atoms with Gasteiger partial charge in [0.1, 0.15) is 5.60 Å². The summed E-state index contributed by atoms with van der Waals surface area (Å²) in [5.74, 6) is 2.25. The molecule has 124 valence electrons. The molecule has 0 aliphatic carbocycles. The minimum absolute atomic E-state index is 0.175. The Balaban J connectivity index is 2.24. The molecule has 1 saturated heterocycles. The predicted molar refractivity (Wildman–Crippen MR) is 88.8 cm³/mol. The largest absolute Gasteiger partial charge is 0.444 e. The van der Waals surface area contributed by atoms with Gasteiger partial charge in [-0.05, 0) is 32.9 Å². The van der Waals surface area contributed by atoms with Crippen molar-refractivity contribution in [1.82, 2.24) is 4.90 Å². The Morgan fingerprint density at radius 1 is 1.29 bits per heavy atom. The van der Waals surface area contributed by atoms with Crippen LogP contribution in [0.4, 0.5) is 4.79 Å². The predicted octanol–water partition coefficient (Wildman–Crippen LogP) is 3.53. The van der Waals surface area contributed by atoms with Gasteiger partial charge in [-0.15, -0.1) is 0 Å². The zero-order valence-electron chi connectivity index (χ0n) is 13.9. The fourth-order valence-electron chi connectivity index (χ4n) is 2.36. The first-order chi connectivity index (χ1) is 9.83. The highest BCUT2D eigenvalue weighted by molar-refractivity contribution is 7.99. The Labute approximate surface area is 133 Å². The van der Waals surface area contributed by atoms with Crippen LogP contribution in [0.5, 0.6) is 0 Å². The standard InChI is InChI=1S/C16H31NO3S/c1-5-6-7-8-9-21-12-13-10-17(11-14(13)18)15(19)20-16(2,3)4/h13-14,18H,5-12H2,1-4H3. The molecule has 2 atom stereocenters. The number of carbonyl (C=O) groups is 1. The van der Waals surface area contributed by atoms with E-state index in [2.05, 4.69) is 6.92 Å². The lowest BCUT2D eigenvalue weighted by atomic mass is 10.1. The molecule has 0 aromatic carbocycles. The zero-order chi connectivity index (χ0) is 15.9. The van der Waals surface area contributed by atoms with E-state index < -0.39 is 11.7 Å². The number of hydrogen-bond donors (Lipinski definition) is 1. The van der Waals surface area contributed by atoms with Gasteiger partial charge in [0, 0.05) is 18.2 Å². The van der Waals surface area contributed by atoms with E-state index in [1.54, 1.807) is 4.90 Å². The molecule has 21 heavy (non-hydrogen) atoms. The molecule has 5 heteroatoms. The Kier molecular flexibility index (Phi) is 7.88. The number of likely N-dealkylation sites (tertiary alicyclic amines) is 1. The van der Waals surface area contributed by atoms with Gasteiger partial charge in [-0.1, -0.05) is 26.2 Å². The molecule has 0 aromatic heterocycles. The topological polar surface area (TPSA) is 49.8 Å². The summed E-state index contributed by atoms with van der Waals surface area (Å²) in [5.41, 5.74) is -0.478. The van der Waals surface area contributed by atoms with Crippen molar-refractivity contribution in [3.63, 3.8) is 0 Å². The summed E-state index contributed by atoms with van der Waals surface area (Å²) in [6, 6.07) is 0. The fourth-order valence-corrected chi connectivity index (χ4v) is 3.56. The van der Waals surface area contributed by atoms with Gasteiger partial charge < -0.3 is 14.7 Å². The van der Waals surface area contributed by atoms with Crippen LogP contribution in [0.25, 0.3) is 0 Å². The zero-order valence-corrected chi connectivity index (χ0v) is 14.7. The van der Waals surface area contributed by atoms with E-state index in [1.807, 2.05) is 32.5 Å². The molecule has 1 aliphatic heterocycles. The molecule has 4 nitrogen and oxygen atoms in total. The van der Waals surface area contributed by atoms with E-state index in [4.69, 9.17) is 4.74 Å². The first-order valence-corrected chi connectivity index (χ1v) is 9.22. The van der Waals surface area contributed by atoms with E-state index in [9.17, 15) is 9.90 Å². The maximum absolute atomic E-state index is 12.0. The van der Waals surface area contributed by atoms with Crippen LogP contribution in [0.2, 0.25) is 0 Å². The average Bonchev–Trinajstić information content (AvgIpc) is 2.73. The van der Waals surface area contributed by atoms with Crippen molar-refractivity contribution in [2.45, 2.75) is 65.1 Å². The van der Waals surface area contributed by atoms with Crippen LogP contribution in [-0.4, -0.2) is 52.4 Å². The number of thioether (sulfide) groups is 1. The Hall–Kier alpha value is -0.420. The number of amides is 1. The Morgan fingerprint density at radius 2 is 2.00 bits per heavy atom. The number of nitrogens with zero attached hydrogens (tertiary/aromatic N) is 1. The molecule has 1 heterocycles. The third-order valence-corrected chi connectivity index (χ3v) is 4.77. The highest BCUT2D eigenvalue weighted by Crippen LogP contribution is 2.24. The maximum atomic E-state index is 12.0. The summed E-state index contributed by atoms with van der Waals surface area (Å²) in [6.45, 7) is 8.81. The summed E-state index contributed by atoms with van der Waals surface area (Å²) >= 11 is 1.89. The highest BCUT2D eigenvalue weighted by atomic mass is 32.2. The Bertz CT molecular complexity index is 317. The van der Waals surface area contributed by atoms with E-state index in [0.29, 0.717) is 13.1 Å². The van der Waals surface area contributed by atoms with Crippen molar-refractivity contribution in [2.24, 2.45) is 5.92 Å². The molecule has 0 bridgehead atoms. The number of hydrogen-bond acceptors (Lipinski definition) is 4. The number of ether oxygens (including phenoxy) is 1. The number of rotatable bonds is 7. The van der Waals surface area contributed by atoms with Crippen LogP contribution in [-0.2, 0) is 4.74 Å². The SMILES string of the molecule is CCCCCCSCC1CN(C(=O)OC(C)(C)C)CC1O. The second kappa shape index (κ2) is 8.89. The monoisotopic (exact) mass is 317 g/mol. The second-order valence-corrected chi connectivity index (χ2v) is 8.00. The van der Waals surface area contributed by atoms with Gasteiger partial charge in [-0.2, -0.15) is 11.8 Å². The van der Waals surface area contributed by atoms with Crippen molar-refractivity contribution >= 4 is 17.9 Å². The fraction of sp³-hybridized carbons (Fsp3) is 0.938. The molecular weight excluding hydrogens is 286 g/mol. The van der Waals surface area contributed by atoms with Crippen LogP contribution in [0.1, 0.15) is 53.4 Å². The number of β-amino-alcohol motifs (C(OH)–C–C–N with tert-alkyl or cyclic N) is 1. The van der Waals surface area contributed by atoms with Crippen molar-refractivity contribution in [3.8, 4) is 0 Å². The lowest BCUT2D eigenvalue weighted by Gasteiger charge is -2.24. The van der Waals surface area contributed by atoms with Crippen molar-refractivity contribution < 1.29 is 14.6 Å². The van der Waals surface area contributed by atoms with Crippen molar-refractivity contribution in [2.75, 3.05) is 24.6 Å². The molecule has 1 fully saturated rings. The van der Waals surface area contributed by atoms with E-state index >= 15 is 0 Å². The Morgan fingerprint density at radius 3 is 2.62 bits per heavy atom. The van der Waals surface area contributed by atoms with Crippen LogP contribution >= 0.6 is 11.8 Å². The molecule has 0 radical (unpaired) electrons. The van der Waals surface area contributed by atoms with Gasteiger partial charge in [0.15, 0.2) is 0 Å². The van der Waals surface area contributed by atoms with E-state index in [1.165, 1.54) is 25.7 Å². The summed E-state index contributed by atoms with van der Waals surface area (Å²) in [5, 5.41) is 10.1. The first kappa shape index (κ1) is 18.6. The van der Waals surface area contributed by atoms with Crippen molar-refractivity contribution in [1.29, 1.82) is 0 Å². The molecule has 0 spiro atoms. The van der Waals surface area contributed by atoms with Crippen LogP contribution in [0.3, 0.4) is 0 Å². The second-order valence-electron chi connectivity index (χ2n) is 6.85. The van der Waals surface area contributed by atoms with Gasteiger partial charge in [0.05, 0.1) is 12.6 Å². The number of unbranched alkanes of at least 4 members (excludes halogenated alkanes) is 3. The van der Waals surface area contributed by atoms with Gasteiger partial charge in [-0.25, -0.2) is 4.79 Å². The third-order valence-electron chi connectivity index (χ3n) is 3.53. The van der Waals surface area contributed by atoms with Crippen LogP contribution in [0, 0.1) is 5.92 Å². The third kappa shape index (κ3) is 7.41. The molecule has 1 N–H and O–H groups in total. The number of aliphatic hydroxyl groups excluding tert-OH is 1. The average molecular weight is 317 g/mol. The quantitative estimate of drug-likeness (QED) is 0.730. The van der Waals surface area contributed by atoms with Crippen LogP contribution < -0.4 is 0 Å². The highest BCUT2D eigenvalue weighted by Gasteiger charge is 2.35. The van der Waals surface area contributed by atoms with Gasteiger partial charge >= 0.3 is 6.09 Å². The van der Waals surface area contributed by atoms with E-state index in [-0.39, 0.29) is 12.0 Å². The molecule has 2 unspecified atom stereocenters. The van der Waals surface area contributed by atoms with Gasteiger partial charge in [0.25, 0.3) is 0 Å². The molecule has 1 aliphatic rings. The smallest absolute Gasteiger partial charge is 0.410 e. The van der Waals surface area contributed by atoms with Crippen LogP contribution in [0.15, 0.2) is 0 Å². The number of carbonyl (C=O) groups excluding carboxylic acids is 1. The summed E-state index contributed by atoms with van der Waals surface area (Å²) in [7, 11) is 0. The first-order valence-electron chi connectivity index (χ1n) is 8.07. The summed E-state index contributed by atoms with van der Waals surface area (Å²) < 4.78 is 5.36. The molecule has 0 saturated carbocycles. The van der Waals surface area contributed by atoms with E-state index in [0.717, 1.165) is 11.5 Å². The van der Waals surface area contributed by atoms with Crippen molar-refractivity contribution in [3.05, 3.63) is 0 Å². The molecular formula is C16H31NO3S. The minimum Gasteiger partial charge on any atom is -0.444 e. The molecule has 1 amide bonds. The molecule has 0 aromatic rings. The summed E-state index contributed by atoms with van der Waals surface area (Å²) in [4.78, 5) is 13.6. The van der Waals surface area contributed by atoms with Gasteiger partial charge in [0.2, 0.25) is 0 Å². The molecule has 1 rings (SSSR count). The lowest BCUT2D eigenvalue weighted by molar-refractivity contribution is 0.0270. The lowest BCUT2D eigenvalue weighted by Crippen LogP contribution is -2.35. The normalized spacial score (nSPS) is 22.6. The summed E-state index contributed by atoms with van der Waals surface area (Å²) in [6.07, 6.45) is 4.38.